The quantitative estimate of drug-likeness (QED) is 0.733. The van der Waals surface area contributed by atoms with Gasteiger partial charge in [-0.05, 0) is 49.7 Å². The Hall–Kier alpha value is -2.10. The molecule has 0 spiro atoms. The van der Waals surface area contributed by atoms with E-state index in [4.69, 9.17) is 0 Å². The Balaban J connectivity index is 2.09. The molecule has 0 bridgehead atoms. The number of aryl methyl sites for hydroxylation is 2. The first-order chi connectivity index (χ1) is 12.8. The first-order valence-electron chi connectivity index (χ1n) is 10.3. The van der Waals surface area contributed by atoms with E-state index in [0.29, 0.717) is 29.7 Å². The van der Waals surface area contributed by atoms with Crippen LogP contribution in [0.4, 0.5) is 0 Å². The topological polar surface area (TPSA) is 40.6 Å². The number of unbranched alkanes of at least 4 members (excludes halogenated alkanes) is 1. The standard InChI is InChI=1S/C23H32N2O2/c1-6-7-10-25-22(26)20(19-9-8-15(2)12-18(19)5)21(23(25)27)24-13-16(3)11-17(4)14-24/h8-9,12,16-17H,6-7,10-11,13-14H2,1-5H3. The molecule has 2 amide bonds. The maximum atomic E-state index is 13.3. The number of benzene rings is 1. The number of nitrogens with zero attached hydrogens (tertiary/aromatic N) is 2. The van der Waals surface area contributed by atoms with E-state index >= 15 is 0 Å². The fourth-order valence-corrected chi connectivity index (χ4v) is 4.56. The van der Waals surface area contributed by atoms with Crippen molar-refractivity contribution in [1.82, 2.24) is 9.80 Å². The molecule has 0 aromatic heterocycles. The minimum Gasteiger partial charge on any atom is -0.366 e. The molecule has 1 fully saturated rings. The van der Waals surface area contributed by atoms with Crippen LogP contribution in [0.2, 0.25) is 0 Å². The van der Waals surface area contributed by atoms with E-state index in [0.717, 1.165) is 37.1 Å². The van der Waals surface area contributed by atoms with Gasteiger partial charge in [-0.25, -0.2) is 0 Å². The second-order valence-corrected chi connectivity index (χ2v) is 8.51. The Morgan fingerprint density at radius 2 is 1.70 bits per heavy atom. The lowest BCUT2D eigenvalue weighted by molar-refractivity contribution is -0.137. The van der Waals surface area contributed by atoms with E-state index < -0.39 is 0 Å². The average molecular weight is 369 g/mol. The number of carbonyl (C=O) groups excluding carboxylic acids is 2. The maximum absolute atomic E-state index is 13.3. The highest BCUT2D eigenvalue weighted by Gasteiger charge is 2.42. The Morgan fingerprint density at radius 1 is 1.04 bits per heavy atom. The fraction of sp³-hybridized carbons (Fsp3) is 0.565. The molecule has 2 atom stereocenters. The van der Waals surface area contributed by atoms with Crippen molar-refractivity contribution in [2.24, 2.45) is 11.8 Å². The number of imide groups is 1. The molecule has 0 N–H and O–H groups in total. The highest BCUT2D eigenvalue weighted by molar-refractivity contribution is 6.35. The Morgan fingerprint density at radius 3 is 2.30 bits per heavy atom. The summed E-state index contributed by atoms with van der Waals surface area (Å²) in [5.74, 6) is 0.814. The van der Waals surface area contributed by atoms with Gasteiger partial charge in [0.2, 0.25) is 0 Å². The zero-order valence-corrected chi connectivity index (χ0v) is 17.3. The van der Waals surface area contributed by atoms with Gasteiger partial charge in [0.1, 0.15) is 5.70 Å². The van der Waals surface area contributed by atoms with Crippen molar-refractivity contribution in [2.75, 3.05) is 19.6 Å². The second-order valence-electron chi connectivity index (χ2n) is 8.51. The summed E-state index contributed by atoms with van der Waals surface area (Å²) in [6.07, 6.45) is 2.98. The summed E-state index contributed by atoms with van der Waals surface area (Å²) in [7, 11) is 0. The van der Waals surface area contributed by atoms with Gasteiger partial charge in [0.25, 0.3) is 11.8 Å². The van der Waals surface area contributed by atoms with Gasteiger partial charge in [-0.3, -0.25) is 14.5 Å². The summed E-state index contributed by atoms with van der Waals surface area (Å²) in [5, 5.41) is 0. The van der Waals surface area contributed by atoms with Gasteiger partial charge in [0.05, 0.1) is 5.57 Å². The van der Waals surface area contributed by atoms with Crippen molar-refractivity contribution in [1.29, 1.82) is 0 Å². The van der Waals surface area contributed by atoms with E-state index in [9.17, 15) is 9.59 Å². The fourth-order valence-electron chi connectivity index (χ4n) is 4.56. The molecule has 2 aliphatic rings. The van der Waals surface area contributed by atoms with Crippen molar-refractivity contribution in [3.63, 3.8) is 0 Å². The van der Waals surface area contributed by atoms with E-state index in [2.05, 4.69) is 38.7 Å². The summed E-state index contributed by atoms with van der Waals surface area (Å²) >= 11 is 0. The summed E-state index contributed by atoms with van der Waals surface area (Å²) in [4.78, 5) is 30.2. The van der Waals surface area contributed by atoms with Gasteiger partial charge in [0, 0.05) is 19.6 Å². The third-order valence-electron chi connectivity index (χ3n) is 5.72. The molecule has 27 heavy (non-hydrogen) atoms. The number of rotatable bonds is 5. The van der Waals surface area contributed by atoms with Crippen LogP contribution < -0.4 is 0 Å². The van der Waals surface area contributed by atoms with Crippen molar-refractivity contribution < 1.29 is 9.59 Å². The third kappa shape index (κ3) is 3.80. The zero-order chi connectivity index (χ0) is 19.7. The van der Waals surface area contributed by atoms with Crippen molar-refractivity contribution >= 4 is 17.4 Å². The summed E-state index contributed by atoms with van der Waals surface area (Å²) < 4.78 is 0. The highest BCUT2D eigenvalue weighted by atomic mass is 16.2. The first kappa shape index (κ1) is 19.7. The lowest BCUT2D eigenvalue weighted by Gasteiger charge is -2.37. The number of hydrogen-bond donors (Lipinski definition) is 0. The van der Waals surface area contributed by atoms with Crippen LogP contribution in [0.3, 0.4) is 0 Å². The summed E-state index contributed by atoms with van der Waals surface area (Å²) in [6.45, 7) is 12.8. The molecule has 1 aromatic carbocycles. The van der Waals surface area contributed by atoms with E-state index in [1.54, 1.807) is 0 Å². The number of likely N-dealkylation sites (tertiary alicyclic amines) is 1. The Labute approximate surface area is 163 Å². The molecule has 1 saturated heterocycles. The molecule has 4 nitrogen and oxygen atoms in total. The smallest absolute Gasteiger partial charge is 0.277 e. The molecular formula is C23H32N2O2. The van der Waals surface area contributed by atoms with Crippen LogP contribution in [-0.4, -0.2) is 41.2 Å². The summed E-state index contributed by atoms with van der Waals surface area (Å²) in [6, 6.07) is 6.13. The van der Waals surface area contributed by atoms with E-state index in [-0.39, 0.29) is 11.8 Å². The molecule has 3 rings (SSSR count). The predicted molar refractivity (Wildman–Crippen MR) is 109 cm³/mol. The van der Waals surface area contributed by atoms with Gasteiger partial charge in [0.15, 0.2) is 0 Å². The molecule has 0 aliphatic carbocycles. The van der Waals surface area contributed by atoms with Crippen LogP contribution in [0.1, 0.15) is 56.7 Å². The third-order valence-corrected chi connectivity index (χ3v) is 5.72. The molecule has 2 heterocycles. The monoisotopic (exact) mass is 368 g/mol. The highest BCUT2D eigenvalue weighted by Crippen LogP contribution is 2.36. The molecule has 0 radical (unpaired) electrons. The van der Waals surface area contributed by atoms with Gasteiger partial charge >= 0.3 is 0 Å². The maximum Gasteiger partial charge on any atom is 0.277 e. The van der Waals surface area contributed by atoms with Crippen molar-refractivity contribution in [3.05, 3.63) is 40.6 Å². The second kappa shape index (κ2) is 7.87. The van der Waals surface area contributed by atoms with Gasteiger partial charge in [-0.1, -0.05) is 51.0 Å². The van der Waals surface area contributed by atoms with Gasteiger partial charge in [-0.15, -0.1) is 0 Å². The van der Waals surface area contributed by atoms with Crippen LogP contribution in [0.25, 0.3) is 5.57 Å². The number of piperidine rings is 1. The van der Waals surface area contributed by atoms with E-state index in [1.807, 2.05) is 19.1 Å². The molecule has 2 aliphatic heterocycles. The number of carbonyl (C=O) groups is 2. The minimum atomic E-state index is -0.124. The summed E-state index contributed by atoms with van der Waals surface area (Å²) in [5.41, 5.74) is 4.35. The molecule has 146 valence electrons. The van der Waals surface area contributed by atoms with Crippen LogP contribution in [0.15, 0.2) is 23.9 Å². The lowest BCUT2D eigenvalue weighted by Crippen LogP contribution is -2.42. The van der Waals surface area contributed by atoms with Crippen LogP contribution >= 0.6 is 0 Å². The lowest BCUT2D eigenvalue weighted by atomic mass is 9.90. The van der Waals surface area contributed by atoms with Crippen LogP contribution in [-0.2, 0) is 9.59 Å². The zero-order valence-electron chi connectivity index (χ0n) is 17.3. The Kier molecular flexibility index (Phi) is 5.73. The SMILES string of the molecule is CCCCN1C(=O)C(c2ccc(C)cc2C)=C(N2CC(C)CC(C)C2)C1=O. The molecule has 0 saturated carbocycles. The largest absolute Gasteiger partial charge is 0.366 e. The predicted octanol–water partition coefficient (Wildman–Crippen LogP) is 4.16. The van der Waals surface area contributed by atoms with Crippen LogP contribution in [0.5, 0.6) is 0 Å². The van der Waals surface area contributed by atoms with Gasteiger partial charge in [-0.2, -0.15) is 0 Å². The van der Waals surface area contributed by atoms with Crippen LogP contribution in [0, 0.1) is 25.7 Å². The van der Waals surface area contributed by atoms with Crippen molar-refractivity contribution in [3.8, 4) is 0 Å². The first-order valence-corrected chi connectivity index (χ1v) is 10.3. The average Bonchev–Trinajstić information content (AvgIpc) is 2.83. The normalized spacial score (nSPS) is 23.6. The molecule has 4 heteroatoms. The molecule has 1 aromatic rings. The van der Waals surface area contributed by atoms with Crippen molar-refractivity contribution in [2.45, 2.75) is 53.9 Å². The van der Waals surface area contributed by atoms with E-state index in [1.165, 1.54) is 16.9 Å². The minimum absolute atomic E-state index is 0.107. The Bertz CT molecular complexity index is 771. The van der Waals surface area contributed by atoms with Gasteiger partial charge < -0.3 is 4.90 Å². The number of hydrogen-bond acceptors (Lipinski definition) is 3. The number of amides is 2. The molecule has 2 unspecified atom stereocenters. The molecular weight excluding hydrogens is 336 g/mol.